The third-order valence-corrected chi connectivity index (χ3v) is 5.03. The van der Waals surface area contributed by atoms with E-state index in [-0.39, 0.29) is 42.3 Å². The molecule has 1 amide bonds. The van der Waals surface area contributed by atoms with E-state index < -0.39 is 18.0 Å². The zero-order chi connectivity index (χ0) is 15.7. The Morgan fingerprint density at radius 2 is 2.05 bits per heavy atom. The van der Waals surface area contributed by atoms with E-state index in [1.807, 2.05) is 0 Å². The van der Waals surface area contributed by atoms with Crippen molar-refractivity contribution in [2.24, 2.45) is 11.7 Å². The summed E-state index contributed by atoms with van der Waals surface area (Å²) in [5.74, 6) is -3.05. The first-order valence-corrected chi connectivity index (χ1v) is 7.31. The fraction of sp³-hybridized carbons (Fsp3) is 0.583. The molecule has 2 aliphatic rings. The highest BCUT2D eigenvalue weighted by Crippen LogP contribution is 2.51. The number of hydrogen-bond donors (Lipinski definition) is 4. The van der Waals surface area contributed by atoms with Gasteiger partial charge in [0, 0.05) is 11.5 Å². The van der Waals surface area contributed by atoms with Gasteiger partial charge in [-0.3, -0.25) is 14.5 Å². The van der Waals surface area contributed by atoms with E-state index in [1.54, 1.807) is 0 Å². The molecular formula is C12H16N2O6S. The molecule has 3 atom stereocenters. The first kappa shape index (κ1) is 15.8. The van der Waals surface area contributed by atoms with Crippen molar-refractivity contribution in [3.8, 4) is 0 Å². The minimum Gasteiger partial charge on any atom is -0.480 e. The number of aliphatic carboxylic acids is 2. The Bertz CT molecular complexity index is 520. The molecule has 0 aliphatic carbocycles. The molecule has 0 bridgehead atoms. The lowest BCUT2D eigenvalue weighted by Gasteiger charge is -2.42. The van der Waals surface area contributed by atoms with Gasteiger partial charge in [0.15, 0.2) is 0 Å². The second-order valence-corrected chi connectivity index (χ2v) is 6.11. The number of nitrogens with two attached hydrogens (primary N) is 1. The summed E-state index contributed by atoms with van der Waals surface area (Å²) in [6.07, 6.45) is 0.599. The van der Waals surface area contributed by atoms with E-state index in [2.05, 4.69) is 0 Å². The number of amides is 1. The van der Waals surface area contributed by atoms with Crippen LogP contribution in [0.25, 0.3) is 0 Å². The van der Waals surface area contributed by atoms with Gasteiger partial charge in [0.2, 0.25) is 5.91 Å². The molecule has 0 aromatic rings. The van der Waals surface area contributed by atoms with E-state index >= 15 is 0 Å². The number of nitrogens with zero attached hydrogens (tertiary/aromatic N) is 1. The standard InChI is InChI=1S/C12H16N2O6S/c13-6(11(17)18)1-2-7-8(12(19)20)14-9(16)5(3-4-15)10(14)21-7/h5-6,10,15H,1-4,13H2,(H,17,18)(H,19,20)/t5?,6?,10-/m0/s1. The average Bonchev–Trinajstić information content (AvgIpc) is 2.77. The van der Waals surface area contributed by atoms with Crippen LogP contribution in [0.1, 0.15) is 19.3 Å². The number of aliphatic hydroxyl groups excluding tert-OH is 1. The fourth-order valence-electron chi connectivity index (χ4n) is 2.45. The Morgan fingerprint density at radius 3 is 2.57 bits per heavy atom. The van der Waals surface area contributed by atoms with Gasteiger partial charge in [-0.2, -0.15) is 0 Å². The van der Waals surface area contributed by atoms with Gasteiger partial charge in [-0.1, -0.05) is 0 Å². The Kier molecular flexibility index (Phi) is 4.55. The fourth-order valence-corrected chi connectivity index (χ4v) is 4.00. The number of carbonyl (C=O) groups excluding carboxylic acids is 1. The van der Waals surface area contributed by atoms with E-state index in [0.29, 0.717) is 11.3 Å². The number of carboxylic acids is 2. The highest BCUT2D eigenvalue weighted by Gasteiger charge is 2.55. The second kappa shape index (κ2) is 6.04. The number of aliphatic hydroxyl groups is 1. The Hall–Kier alpha value is -1.58. The molecule has 9 heteroatoms. The molecule has 0 radical (unpaired) electrons. The smallest absolute Gasteiger partial charge is 0.353 e. The maximum Gasteiger partial charge on any atom is 0.353 e. The summed E-state index contributed by atoms with van der Waals surface area (Å²) < 4.78 is 0. The van der Waals surface area contributed by atoms with Crippen LogP contribution in [-0.2, 0) is 14.4 Å². The van der Waals surface area contributed by atoms with Gasteiger partial charge in [0.25, 0.3) is 0 Å². The largest absolute Gasteiger partial charge is 0.480 e. The minimum atomic E-state index is -1.21. The monoisotopic (exact) mass is 316 g/mol. The van der Waals surface area contributed by atoms with E-state index in [4.69, 9.17) is 15.9 Å². The summed E-state index contributed by atoms with van der Waals surface area (Å²) in [6, 6.07) is -1.06. The van der Waals surface area contributed by atoms with Crippen LogP contribution in [0.5, 0.6) is 0 Å². The number of carbonyl (C=O) groups is 3. The Balaban J connectivity index is 2.11. The van der Waals surface area contributed by atoms with Crippen LogP contribution in [-0.4, -0.2) is 56.1 Å². The number of hydrogen-bond acceptors (Lipinski definition) is 6. The van der Waals surface area contributed by atoms with Crippen LogP contribution in [0.15, 0.2) is 10.6 Å². The van der Waals surface area contributed by atoms with Crippen LogP contribution in [0, 0.1) is 5.92 Å². The zero-order valence-corrected chi connectivity index (χ0v) is 11.9. The number of allylic oxidation sites excluding steroid dienone is 1. The van der Waals surface area contributed by atoms with Crippen molar-refractivity contribution in [1.29, 1.82) is 0 Å². The molecule has 0 aromatic carbocycles. The number of thioether (sulfide) groups is 1. The molecule has 116 valence electrons. The van der Waals surface area contributed by atoms with Crippen molar-refractivity contribution in [1.82, 2.24) is 4.90 Å². The number of fused-ring (bicyclic) bond motifs is 1. The van der Waals surface area contributed by atoms with E-state index in [0.717, 1.165) is 0 Å². The molecule has 21 heavy (non-hydrogen) atoms. The van der Waals surface area contributed by atoms with Crippen molar-refractivity contribution in [3.63, 3.8) is 0 Å². The lowest BCUT2D eigenvalue weighted by Crippen LogP contribution is -2.57. The van der Waals surface area contributed by atoms with Crippen molar-refractivity contribution < 1.29 is 29.7 Å². The number of β-lactam (4-membered cyclic amide) rings is 1. The zero-order valence-electron chi connectivity index (χ0n) is 11.1. The van der Waals surface area contributed by atoms with Crippen LogP contribution in [0.2, 0.25) is 0 Å². The summed E-state index contributed by atoms with van der Waals surface area (Å²) in [5.41, 5.74) is 5.33. The van der Waals surface area contributed by atoms with Gasteiger partial charge in [-0.05, 0) is 19.3 Å². The van der Waals surface area contributed by atoms with Crippen molar-refractivity contribution in [2.75, 3.05) is 6.61 Å². The summed E-state index contributed by atoms with van der Waals surface area (Å²) in [6.45, 7) is -0.136. The normalized spacial score (nSPS) is 25.6. The number of carboxylic acid groups (broad SMARTS) is 2. The predicted molar refractivity (Wildman–Crippen MR) is 72.9 cm³/mol. The van der Waals surface area contributed by atoms with Crippen molar-refractivity contribution >= 4 is 29.6 Å². The minimum absolute atomic E-state index is 0.0817. The average molecular weight is 316 g/mol. The molecule has 5 N–H and O–H groups in total. The highest BCUT2D eigenvalue weighted by atomic mass is 32.2. The molecule has 0 spiro atoms. The van der Waals surface area contributed by atoms with E-state index in [9.17, 15) is 19.5 Å². The molecule has 2 rings (SSSR count). The molecule has 2 aliphatic heterocycles. The van der Waals surface area contributed by atoms with Gasteiger partial charge in [0.1, 0.15) is 11.7 Å². The topological polar surface area (TPSA) is 141 Å². The predicted octanol–water partition coefficient (Wildman–Crippen LogP) is -0.612. The first-order chi connectivity index (χ1) is 9.88. The van der Waals surface area contributed by atoms with Crippen LogP contribution in [0.3, 0.4) is 0 Å². The molecule has 2 heterocycles. The summed E-state index contributed by atoms with van der Waals surface area (Å²) in [4.78, 5) is 35.6. The molecule has 0 aromatic heterocycles. The third kappa shape index (κ3) is 2.76. The SMILES string of the molecule is NC(CCC1=C(C(=O)O)N2C(=O)C(CCO)[C@@H]2S1)C(=O)O. The van der Waals surface area contributed by atoms with Gasteiger partial charge in [-0.25, -0.2) is 4.79 Å². The second-order valence-electron chi connectivity index (χ2n) is 4.90. The number of rotatable bonds is 7. The maximum atomic E-state index is 11.9. The Labute approximate surface area is 124 Å². The summed E-state index contributed by atoms with van der Waals surface area (Å²) >= 11 is 1.25. The van der Waals surface area contributed by atoms with Gasteiger partial charge < -0.3 is 21.1 Å². The van der Waals surface area contributed by atoms with Crippen LogP contribution in [0.4, 0.5) is 0 Å². The third-order valence-electron chi connectivity index (χ3n) is 3.56. The van der Waals surface area contributed by atoms with E-state index in [1.165, 1.54) is 16.7 Å². The van der Waals surface area contributed by atoms with Gasteiger partial charge in [0.05, 0.1) is 11.3 Å². The van der Waals surface area contributed by atoms with Crippen LogP contribution < -0.4 is 5.73 Å². The van der Waals surface area contributed by atoms with Crippen molar-refractivity contribution in [3.05, 3.63) is 10.6 Å². The molecule has 2 unspecified atom stereocenters. The molecule has 0 saturated carbocycles. The molecular weight excluding hydrogens is 300 g/mol. The van der Waals surface area contributed by atoms with Gasteiger partial charge >= 0.3 is 11.9 Å². The molecule has 1 saturated heterocycles. The highest BCUT2D eigenvalue weighted by molar-refractivity contribution is 8.04. The molecule has 1 fully saturated rings. The van der Waals surface area contributed by atoms with Crippen molar-refractivity contribution in [2.45, 2.75) is 30.7 Å². The Morgan fingerprint density at radius 1 is 1.38 bits per heavy atom. The lowest BCUT2D eigenvalue weighted by molar-refractivity contribution is -0.152. The van der Waals surface area contributed by atoms with Crippen LogP contribution >= 0.6 is 11.8 Å². The first-order valence-electron chi connectivity index (χ1n) is 6.44. The summed E-state index contributed by atoms with van der Waals surface area (Å²) in [7, 11) is 0. The quantitative estimate of drug-likeness (QED) is 0.456. The summed E-state index contributed by atoms with van der Waals surface area (Å²) in [5, 5.41) is 26.6. The lowest BCUT2D eigenvalue weighted by atomic mass is 9.94. The maximum absolute atomic E-state index is 11.9. The van der Waals surface area contributed by atoms with Gasteiger partial charge in [-0.15, -0.1) is 11.8 Å². The molecule has 8 nitrogen and oxygen atoms in total.